The van der Waals surface area contributed by atoms with E-state index in [-0.39, 0.29) is 24.3 Å². The molecular formula is C17H23NO3. The summed E-state index contributed by atoms with van der Waals surface area (Å²) in [6.07, 6.45) is 3.73. The molecule has 1 fully saturated rings. The van der Waals surface area contributed by atoms with Crippen molar-refractivity contribution in [1.29, 1.82) is 0 Å². The topological polar surface area (TPSA) is 58.6 Å². The summed E-state index contributed by atoms with van der Waals surface area (Å²) in [5, 5.41) is 13.3. The summed E-state index contributed by atoms with van der Waals surface area (Å²) in [5.41, 5.74) is 0.373. The van der Waals surface area contributed by atoms with E-state index in [1.807, 2.05) is 25.1 Å². The molecule has 1 aliphatic heterocycles. The average Bonchev–Trinajstić information content (AvgIpc) is 3.04. The second-order valence-corrected chi connectivity index (χ2v) is 6.42. The van der Waals surface area contributed by atoms with Crippen LogP contribution in [0.25, 0.3) is 0 Å². The maximum absolute atomic E-state index is 12.2. The highest BCUT2D eigenvalue weighted by molar-refractivity contribution is 5.77. The Bertz CT molecular complexity index is 523. The number of rotatable bonds is 4. The Morgan fingerprint density at radius 1 is 1.43 bits per heavy atom. The van der Waals surface area contributed by atoms with Crippen molar-refractivity contribution in [3.63, 3.8) is 0 Å². The van der Waals surface area contributed by atoms with E-state index in [1.165, 1.54) is 0 Å². The van der Waals surface area contributed by atoms with E-state index in [0.29, 0.717) is 6.61 Å². The monoisotopic (exact) mass is 289 g/mol. The number of benzene rings is 1. The van der Waals surface area contributed by atoms with Crippen molar-refractivity contribution in [2.24, 2.45) is 0 Å². The van der Waals surface area contributed by atoms with Gasteiger partial charge in [-0.1, -0.05) is 31.0 Å². The van der Waals surface area contributed by atoms with Crippen molar-refractivity contribution in [1.82, 2.24) is 5.32 Å². The number of nitrogens with one attached hydrogen (secondary N) is 1. The number of para-hydroxylation sites is 1. The smallest absolute Gasteiger partial charge is 0.223 e. The van der Waals surface area contributed by atoms with Gasteiger partial charge in [-0.05, 0) is 25.8 Å². The summed E-state index contributed by atoms with van der Waals surface area (Å²) in [6, 6.07) is 7.98. The molecule has 1 heterocycles. The quantitative estimate of drug-likeness (QED) is 0.894. The van der Waals surface area contributed by atoms with Crippen LogP contribution in [0, 0.1) is 0 Å². The van der Waals surface area contributed by atoms with E-state index in [9.17, 15) is 9.90 Å². The van der Waals surface area contributed by atoms with Crippen LogP contribution in [-0.4, -0.2) is 29.3 Å². The Kier molecular flexibility index (Phi) is 3.89. The normalized spacial score (nSPS) is 24.2. The van der Waals surface area contributed by atoms with Crippen LogP contribution in [0.1, 0.15) is 50.5 Å². The molecule has 1 aromatic rings. The van der Waals surface area contributed by atoms with Gasteiger partial charge in [0.2, 0.25) is 5.91 Å². The lowest BCUT2D eigenvalue weighted by molar-refractivity contribution is -0.126. The Hall–Kier alpha value is -1.55. The van der Waals surface area contributed by atoms with Gasteiger partial charge in [-0.15, -0.1) is 0 Å². The maximum Gasteiger partial charge on any atom is 0.223 e. The standard InChI is InChI=1S/C17H23NO3/c1-12(14-11-21-15-7-3-2-6-13(14)15)18-16(19)10-17(20)8-4-5-9-17/h2-3,6-7,12,14,20H,4-5,8-11H2,1H3,(H,18,19). The van der Waals surface area contributed by atoms with Crippen molar-refractivity contribution >= 4 is 5.91 Å². The highest BCUT2D eigenvalue weighted by atomic mass is 16.5. The highest BCUT2D eigenvalue weighted by Crippen LogP contribution is 2.36. The van der Waals surface area contributed by atoms with Crippen molar-refractivity contribution in [2.75, 3.05) is 6.61 Å². The van der Waals surface area contributed by atoms with E-state index in [2.05, 4.69) is 11.4 Å². The second-order valence-electron chi connectivity index (χ2n) is 6.42. The molecule has 1 aliphatic carbocycles. The van der Waals surface area contributed by atoms with Gasteiger partial charge in [-0.25, -0.2) is 0 Å². The molecule has 1 aromatic carbocycles. The lowest BCUT2D eigenvalue weighted by Gasteiger charge is -2.24. The zero-order valence-corrected chi connectivity index (χ0v) is 12.5. The first-order valence-electron chi connectivity index (χ1n) is 7.81. The van der Waals surface area contributed by atoms with Gasteiger partial charge in [-0.2, -0.15) is 0 Å². The number of carbonyl (C=O) groups is 1. The van der Waals surface area contributed by atoms with E-state index in [4.69, 9.17) is 4.74 Å². The highest BCUT2D eigenvalue weighted by Gasteiger charge is 2.35. The summed E-state index contributed by atoms with van der Waals surface area (Å²) in [7, 11) is 0. The minimum atomic E-state index is -0.784. The molecule has 0 bridgehead atoms. The maximum atomic E-state index is 12.2. The fourth-order valence-corrected chi connectivity index (χ4v) is 3.52. The van der Waals surface area contributed by atoms with Crippen molar-refractivity contribution in [3.8, 4) is 5.75 Å². The summed E-state index contributed by atoms with van der Waals surface area (Å²) in [5.74, 6) is 1.04. The van der Waals surface area contributed by atoms with Gasteiger partial charge in [0.25, 0.3) is 0 Å². The molecule has 3 rings (SSSR count). The molecule has 2 aliphatic rings. The number of ether oxygens (including phenoxy) is 1. The average molecular weight is 289 g/mol. The second kappa shape index (κ2) is 5.68. The van der Waals surface area contributed by atoms with Gasteiger partial charge < -0.3 is 15.2 Å². The third-order valence-corrected chi connectivity index (χ3v) is 4.75. The van der Waals surface area contributed by atoms with Crippen LogP contribution in [0.15, 0.2) is 24.3 Å². The van der Waals surface area contributed by atoms with E-state index < -0.39 is 5.60 Å². The van der Waals surface area contributed by atoms with Crippen LogP contribution in [-0.2, 0) is 4.79 Å². The molecule has 114 valence electrons. The molecule has 2 N–H and O–H groups in total. The van der Waals surface area contributed by atoms with Crippen LogP contribution >= 0.6 is 0 Å². The van der Waals surface area contributed by atoms with Crippen LogP contribution in [0.2, 0.25) is 0 Å². The third-order valence-electron chi connectivity index (χ3n) is 4.75. The summed E-state index contributed by atoms with van der Waals surface area (Å²) in [6.45, 7) is 2.61. The predicted molar refractivity (Wildman–Crippen MR) is 80.3 cm³/mol. The Labute approximate surface area is 125 Å². The van der Waals surface area contributed by atoms with Crippen LogP contribution in [0.5, 0.6) is 5.75 Å². The molecule has 0 saturated heterocycles. The predicted octanol–water partition coefficient (Wildman–Crippen LogP) is 2.36. The lowest BCUT2D eigenvalue weighted by atomic mass is 9.93. The summed E-state index contributed by atoms with van der Waals surface area (Å²) < 4.78 is 5.67. The Balaban J connectivity index is 1.59. The van der Waals surface area contributed by atoms with Gasteiger partial charge >= 0.3 is 0 Å². The molecule has 0 aromatic heterocycles. The molecule has 21 heavy (non-hydrogen) atoms. The van der Waals surface area contributed by atoms with E-state index in [0.717, 1.165) is 37.0 Å². The lowest BCUT2D eigenvalue weighted by Crippen LogP contribution is -2.41. The van der Waals surface area contributed by atoms with Gasteiger partial charge in [-0.3, -0.25) is 4.79 Å². The minimum Gasteiger partial charge on any atom is -0.493 e. The first-order valence-corrected chi connectivity index (χ1v) is 7.81. The summed E-state index contributed by atoms with van der Waals surface area (Å²) in [4.78, 5) is 12.2. The zero-order chi connectivity index (χ0) is 14.9. The van der Waals surface area contributed by atoms with Gasteiger partial charge in [0, 0.05) is 17.5 Å². The molecule has 1 saturated carbocycles. The molecule has 4 nitrogen and oxygen atoms in total. The molecule has 0 radical (unpaired) electrons. The van der Waals surface area contributed by atoms with Gasteiger partial charge in [0.1, 0.15) is 5.75 Å². The Morgan fingerprint density at radius 3 is 2.90 bits per heavy atom. The largest absolute Gasteiger partial charge is 0.493 e. The molecule has 0 spiro atoms. The van der Waals surface area contributed by atoms with Crippen LogP contribution in [0.3, 0.4) is 0 Å². The number of amides is 1. The van der Waals surface area contributed by atoms with Gasteiger partial charge in [0.05, 0.1) is 18.6 Å². The number of hydrogen-bond acceptors (Lipinski definition) is 3. The third kappa shape index (κ3) is 3.05. The first kappa shape index (κ1) is 14.4. The number of fused-ring (bicyclic) bond motifs is 1. The number of hydrogen-bond donors (Lipinski definition) is 2. The van der Waals surface area contributed by atoms with E-state index in [1.54, 1.807) is 0 Å². The SMILES string of the molecule is CC(NC(=O)CC1(O)CCCC1)C1COc2ccccc21. The van der Waals surface area contributed by atoms with E-state index >= 15 is 0 Å². The minimum absolute atomic E-state index is 0.00570. The molecule has 2 atom stereocenters. The zero-order valence-electron chi connectivity index (χ0n) is 12.5. The Morgan fingerprint density at radius 2 is 2.14 bits per heavy atom. The van der Waals surface area contributed by atoms with Crippen molar-refractivity contribution in [2.45, 2.75) is 56.6 Å². The first-order chi connectivity index (χ1) is 10.1. The fraction of sp³-hybridized carbons (Fsp3) is 0.588. The van der Waals surface area contributed by atoms with Crippen LogP contribution in [0.4, 0.5) is 0 Å². The van der Waals surface area contributed by atoms with Crippen LogP contribution < -0.4 is 10.1 Å². The van der Waals surface area contributed by atoms with Gasteiger partial charge in [0.15, 0.2) is 0 Å². The fourth-order valence-electron chi connectivity index (χ4n) is 3.52. The summed E-state index contributed by atoms with van der Waals surface area (Å²) >= 11 is 0. The molecular weight excluding hydrogens is 266 g/mol. The molecule has 2 unspecified atom stereocenters. The number of aliphatic hydroxyl groups is 1. The molecule has 4 heteroatoms. The molecule has 1 amide bonds. The number of carbonyl (C=O) groups excluding carboxylic acids is 1. The van der Waals surface area contributed by atoms with Crippen molar-refractivity contribution in [3.05, 3.63) is 29.8 Å². The van der Waals surface area contributed by atoms with Crippen molar-refractivity contribution < 1.29 is 14.6 Å².